The number of sulfone groups is 1. The summed E-state index contributed by atoms with van der Waals surface area (Å²) < 4.78 is 22.6. The van der Waals surface area contributed by atoms with Gasteiger partial charge < -0.3 is 5.32 Å². The predicted molar refractivity (Wildman–Crippen MR) is 82.8 cm³/mol. The van der Waals surface area contributed by atoms with Crippen molar-refractivity contribution in [2.75, 3.05) is 17.3 Å². The molecule has 0 saturated carbocycles. The van der Waals surface area contributed by atoms with E-state index in [2.05, 4.69) is 20.3 Å². The molecule has 7 heteroatoms. The van der Waals surface area contributed by atoms with Gasteiger partial charge in [-0.1, -0.05) is 0 Å². The van der Waals surface area contributed by atoms with Crippen LogP contribution in [0.4, 0.5) is 5.82 Å². The second-order valence-electron chi connectivity index (χ2n) is 5.09. The van der Waals surface area contributed by atoms with Crippen LogP contribution in [-0.4, -0.2) is 41.4 Å². The van der Waals surface area contributed by atoms with Crippen LogP contribution < -0.4 is 5.32 Å². The fourth-order valence-electron chi connectivity index (χ4n) is 2.02. The van der Waals surface area contributed by atoms with E-state index in [1.165, 1.54) is 6.26 Å². The molecule has 0 aliphatic carbocycles. The molecule has 2 rings (SSSR count). The summed E-state index contributed by atoms with van der Waals surface area (Å²) in [5.41, 5.74) is 1.68. The number of nitrogens with zero attached hydrogens (tertiary/aromatic N) is 3. The third kappa shape index (κ3) is 4.78. The highest BCUT2D eigenvalue weighted by Crippen LogP contribution is 2.17. The fourth-order valence-corrected chi connectivity index (χ4v) is 3.01. The van der Waals surface area contributed by atoms with E-state index in [-0.39, 0.29) is 11.8 Å². The van der Waals surface area contributed by atoms with E-state index in [1.807, 2.05) is 26.0 Å². The molecule has 0 bridgehead atoms. The summed E-state index contributed by atoms with van der Waals surface area (Å²) in [5.74, 6) is 1.26. The lowest BCUT2D eigenvalue weighted by Gasteiger charge is -2.14. The maximum absolute atomic E-state index is 11.3. The Kier molecular flexibility index (Phi) is 4.52. The first kappa shape index (κ1) is 15.4. The van der Waals surface area contributed by atoms with Crippen LogP contribution >= 0.6 is 0 Å². The molecule has 0 spiro atoms. The predicted octanol–water partition coefficient (Wildman–Crippen LogP) is 1.69. The zero-order valence-corrected chi connectivity index (χ0v) is 13.1. The largest absolute Gasteiger partial charge is 0.366 e. The summed E-state index contributed by atoms with van der Waals surface area (Å²) in [4.78, 5) is 12.8. The monoisotopic (exact) mass is 306 g/mol. The molecule has 0 aliphatic rings. The Morgan fingerprint density at radius 3 is 2.52 bits per heavy atom. The van der Waals surface area contributed by atoms with E-state index in [0.29, 0.717) is 11.6 Å². The minimum atomic E-state index is -3.03. The first-order valence-corrected chi connectivity index (χ1v) is 8.60. The first-order chi connectivity index (χ1) is 9.83. The van der Waals surface area contributed by atoms with E-state index in [1.54, 1.807) is 18.5 Å². The fraction of sp³-hybridized carbons (Fsp3) is 0.357. The standard InChI is InChI=1S/C14H18N4O2S/c1-10-8-13(16-11(2)9-21(3,19)20)18-14(17-10)12-4-6-15-7-5-12/h4-8,11H,9H2,1-3H3,(H,16,17,18). The van der Waals surface area contributed by atoms with Gasteiger partial charge in [0.1, 0.15) is 15.7 Å². The zero-order chi connectivity index (χ0) is 15.5. The van der Waals surface area contributed by atoms with E-state index in [0.717, 1.165) is 11.3 Å². The average molecular weight is 306 g/mol. The average Bonchev–Trinajstić information content (AvgIpc) is 2.36. The van der Waals surface area contributed by atoms with E-state index < -0.39 is 9.84 Å². The second kappa shape index (κ2) is 6.17. The number of pyridine rings is 1. The molecule has 1 N–H and O–H groups in total. The van der Waals surface area contributed by atoms with Crippen LogP contribution in [0.1, 0.15) is 12.6 Å². The SMILES string of the molecule is Cc1cc(NC(C)CS(C)(=O)=O)nc(-c2ccncc2)n1. The lowest BCUT2D eigenvalue weighted by Crippen LogP contribution is -2.25. The van der Waals surface area contributed by atoms with Crippen LogP contribution in [0.2, 0.25) is 0 Å². The number of aromatic nitrogens is 3. The number of anilines is 1. The van der Waals surface area contributed by atoms with Crippen molar-refractivity contribution in [1.82, 2.24) is 15.0 Å². The normalized spacial score (nSPS) is 12.9. The topological polar surface area (TPSA) is 84.8 Å². The molecule has 0 aliphatic heterocycles. The van der Waals surface area contributed by atoms with Crippen molar-refractivity contribution < 1.29 is 8.42 Å². The summed E-state index contributed by atoms with van der Waals surface area (Å²) in [6.07, 6.45) is 4.58. The van der Waals surface area contributed by atoms with Crippen molar-refractivity contribution in [3.05, 3.63) is 36.3 Å². The van der Waals surface area contributed by atoms with Gasteiger partial charge in [0.25, 0.3) is 0 Å². The highest BCUT2D eigenvalue weighted by molar-refractivity contribution is 7.90. The molecule has 0 fully saturated rings. The van der Waals surface area contributed by atoms with Gasteiger partial charge in [-0.15, -0.1) is 0 Å². The third-order valence-corrected chi connectivity index (χ3v) is 3.85. The highest BCUT2D eigenvalue weighted by Gasteiger charge is 2.12. The van der Waals surface area contributed by atoms with Crippen molar-refractivity contribution in [1.29, 1.82) is 0 Å². The smallest absolute Gasteiger partial charge is 0.161 e. The number of hydrogen-bond acceptors (Lipinski definition) is 6. The summed E-state index contributed by atoms with van der Waals surface area (Å²) in [5, 5.41) is 3.10. The molecule has 112 valence electrons. The Hall–Kier alpha value is -2.02. The van der Waals surface area contributed by atoms with Gasteiger partial charge in [-0.3, -0.25) is 4.98 Å². The Morgan fingerprint density at radius 2 is 1.90 bits per heavy atom. The zero-order valence-electron chi connectivity index (χ0n) is 12.2. The highest BCUT2D eigenvalue weighted by atomic mass is 32.2. The van der Waals surface area contributed by atoms with Crippen LogP contribution in [0.15, 0.2) is 30.6 Å². The summed E-state index contributed by atoms with van der Waals surface area (Å²) >= 11 is 0. The van der Waals surface area contributed by atoms with E-state index in [4.69, 9.17) is 0 Å². The Labute approximate surface area is 124 Å². The molecule has 0 aromatic carbocycles. The first-order valence-electron chi connectivity index (χ1n) is 6.54. The number of hydrogen-bond donors (Lipinski definition) is 1. The summed E-state index contributed by atoms with van der Waals surface area (Å²) in [7, 11) is -3.03. The molecule has 0 radical (unpaired) electrons. The Morgan fingerprint density at radius 1 is 1.24 bits per heavy atom. The molecule has 2 aromatic heterocycles. The molecule has 0 amide bonds. The number of aryl methyl sites for hydroxylation is 1. The molecule has 2 heterocycles. The van der Waals surface area contributed by atoms with Gasteiger partial charge in [-0.2, -0.15) is 0 Å². The van der Waals surface area contributed by atoms with Crippen LogP contribution in [0.5, 0.6) is 0 Å². The van der Waals surface area contributed by atoms with E-state index >= 15 is 0 Å². The van der Waals surface area contributed by atoms with Crippen LogP contribution in [0, 0.1) is 6.92 Å². The van der Waals surface area contributed by atoms with Crippen molar-refractivity contribution in [3.63, 3.8) is 0 Å². The van der Waals surface area contributed by atoms with Crippen LogP contribution in [-0.2, 0) is 9.84 Å². The molecular formula is C14H18N4O2S. The molecule has 21 heavy (non-hydrogen) atoms. The van der Waals surface area contributed by atoms with Crippen molar-refractivity contribution in [3.8, 4) is 11.4 Å². The van der Waals surface area contributed by atoms with Crippen molar-refractivity contribution >= 4 is 15.7 Å². The second-order valence-corrected chi connectivity index (χ2v) is 7.28. The summed E-state index contributed by atoms with van der Waals surface area (Å²) in [6.45, 7) is 3.68. The van der Waals surface area contributed by atoms with Crippen molar-refractivity contribution in [2.45, 2.75) is 19.9 Å². The molecule has 0 saturated heterocycles. The van der Waals surface area contributed by atoms with Crippen LogP contribution in [0.25, 0.3) is 11.4 Å². The van der Waals surface area contributed by atoms with Gasteiger partial charge in [-0.25, -0.2) is 18.4 Å². The molecule has 1 unspecified atom stereocenters. The van der Waals surface area contributed by atoms with Gasteiger partial charge >= 0.3 is 0 Å². The minimum Gasteiger partial charge on any atom is -0.366 e. The molecule has 1 atom stereocenters. The van der Waals surface area contributed by atoms with E-state index in [9.17, 15) is 8.42 Å². The Bertz CT molecular complexity index is 717. The third-order valence-electron chi connectivity index (χ3n) is 2.74. The van der Waals surface area contributed by atoms with Gasteiger partial charge in [0.05, 0.1) is 5.75 Å². The maximum Gasteiger partial charge on any atom is 0.161 e. The van der Waals surface area contributed by atoms with Gasteiger partial charge in [0, 0.05) is 42.0 Å². The van der Waals surface area contributed by atoms with Gasteiger partial charge in [0.2, 0.25) is 0 Å². The number of rotatable bonds is 5. The Balaban J connectivity index is 2.24. The lowest BCUT2D eigenvalue weighted by molar-refractivity contribution is 0.598. The number of nitrogens with one attached hydrogen (secondary N) is 1. The van der Waals surface area contributed by atoms with Gasteiger partial charge in [0.15, 0.2) is 5.82 Å². The lowest BCUT2D eigenvalue weighted by atomic mass is 10.2. The molecular weight excluding hydrogens is 288 g/mol. The molecule has 6 nitrogen and oxygen atoms in total. The van der Waals surface area contributed by atoms with Crippen molar-refractivity contribution in [2.24, 2.45) is 0 Å². The molecule has 2 aromatic rings. The maximum atomic E-state index is 11.3. The van der Waals surface area contributed by atoms with Crippen LogP contribution in [0.3, 0.4) is 0 Å². The van der Waals surface area contributed by atoms with Gasteiger partial charge in [-0.05, 0) is 26.0 Å². The quantitative estimate of drug-likeness (QED) is 0.905. The minimum absolute atomic E-state index is 0.0562. The summed E-state index contributed by atoms with van der Waals surface area (Å²) in [6, 6.07) is 5.24.